The number of carboxylic acids is 1. The zero-order chi connectivity index (χ0) is 35.3. The second-order valence-electron chi connectivity index (χ2n) is 11.2. The highest BCUT2D eigenvalue weighted by atomic mass is 16.5. The maximum atomic E-state index is 11.9. The summed E-state index contributed by atoms with van der Waals surface area (Å²) in [7, 11) is 0. The topological polar surface area (TPSA) is 166 Å². The van der Waals surface area contributed by atoms with E-state index in [1.54, 1.807) is 59.0 Å². The number of carbonyl (C=O) groups excluding carboxylic acids is 4. The molecule has 0 unspecified atom stereocenters. The number of amides is 1. The van der Waals surface area contributed by atoms with Gasteiger partial charge >= 0.3 is 11.9 Å². The van der Waals surface area contributed by atoms with E-state index >= 15 is 0 Å². The minimum atomic E-state index is -0.974. The van der Waals surface area contributed by atoms with E-state index in [1.807, 2.05) is 60.7 Å². The maximum absolute atomic E-state index is 11.9. The summed E-state index contributed by atoms with van der Waals surface area (Å²) in [4.78, 5) is 69.8. The lowest BCUT2D eigenvalue weighted by Crippen LogP contribution is -2.29. The minimum absolute atomic E-state index is 0. The average molecular weight is 665 g/mol. The van der Waals surface area contributed by atoms with E-state index in [2.05, 4.69) is 25.0 Å². The number of carboxylic acid groups (broad SMARTS) is 1. The predicted molar refractivity (Wildman–Crippen MR) is 188 cm³/mol. The van der Waals surface area contributed by atoms with Crippen molar-refractivity contribution < 1.29 is 33.8 Å². The summed E-state index contributed by atoms with van der Waals surface area (Å²) in [6.45, 7) is 8.48. The Labute approximate surface area is 285 Å². The van der Waals surface area contributed by atoms with Crippen LogP contribution in [0.4, 0.5) is 5.82 Å². The van der Waals surface area contributed by atoms with Crippen LogP contribution < -0.4 is 5.32 Å². The lowest BCUT2D eigenvalue weighted by molar-refractivity contribution is -0.137. The lowest BCUT2D eigenvalue weighted by atomic mass is 9.95. The van der Waals surface area contributed by atoms with Gasteiger partial charge in [0, 0.05) is 34.3 Å². The van der Waals surface area contributed by atoms with E-state index in [0.29, 0.717) is 16.7 Å². The van der Waals surface area contributed by atoms with Crippen LogP contribution >= 0.6 is 0 Å². The molecule has 2 aromatic carbocycles. The molecule has 3 heterocycles. The molecule has 0 bridgehead atoms. The van der Waals surface area contributed by atoms with Crippen molar-refractivity contribution in [1.29, 1.82) is 0 Å². The fourth-order valence-corrected chi connectivity index (χ4v) is 3.95. The molecule has 0 fully saturated rings. The molecule has 3 aromatic heterocycles. The van der Waals surface area contributed by atoms with E-state index < -0.39 is 23.1 Å². The average Bonchev–Trinajstić information content (AvgIpc) is 3.08. The van der Waals surface area contributed by atoms with Gasteiger partial charge in [0.25, 0.3) is 5.78 Å². The van der Waals surface area contributed by atoms with Crippen LogP contribution in [0.15, 0.2) is 103 Å². The van der Waals surface area contributed by atoms with E-state index in [9.17, 15) is 29.1 Å². The summed E-state index contributed by atoms with van der Waals surface area (Å²) in [5, 5.41) is 12.4. The van der Waals surface area contributed by atoms with Gasteiger partial charge in [-0.15, -0.1) is 0 Å². The number of ketones is 2. The smallest absolute Gasteiger partial charge is 0.379 e. The van der Waals surface area contributed by atoms with Gasteiger partial charge in [-0.1, -0.05) is 88.9 Å². The zero-order valence-electron chi connectivity index (χ0n) is 27.3. The van der Waals surface area contributed by atoms with Gasteiger partial charge in [0.1, 0.15) is 5.82 Å². The van der Waals surface area contributed by atoms with Gasteiger partial charge < -0.3 is 15.2 Å². The van der Waals surface area contributed by atoms with Crippen LogP contribution in [0.25, 0.3) is 22.3 Å². The van der Waals surface area contributed by atoms with E-state index in [1.165, 1.54) is 18.3 Å². The number of hydrogen-bond acceptors (Lipinski definition) is 9. The molecule has 11 heteroatoms. The molecule has 0 atom stereocenters. The fourth-order valence-electron chi connectivity index (χ4n) is 3.95. The largest absolute Gasteiger partial charge is 0.478 e. The first-order valence-corrected chi connectivity index (χ1v) is 14.9. The molecule has 0 saturated carbocycles. The highest BCUT2D eigenvalue weighted by molar-refractivity contribution is 6.41. The Kier molecular flexibility index (Phi) is 14.6. The fraction of sp³-hybridized carbons (Fsp3) is 0.211. The van der Waals surface area contributed by atoms with Crippen molar-refractivity contribution in [1.82, 2.24) is 15.0 Å². The third-order valence-electron chi connectivity index (χ3n) is 6.49. The van der Waals surface area contributed by atoms with Crippen molar-refractivity contribution in [2.24, 2.45) is 5.41 Å². The van der Waals surface area contributed by atoms with Crippen LogP contribution in [0.3, 0.4) is 0 Å². The summed E-state index contributed by atoms with van der Waals surface area (Å²) in [5.41, 5.74) is 2.31. The molecule has 0 saturated heterocycles. The van der Waals surface area contributed by atoms with Crippen molar-refractivity contribution in [3.05, 3.63) is 120 Å². The van der Waals surface area contributed by atoms with Crippen molar-refractivity contribution >= 4 is 46.3 Å². The van der Waals surface area contributed by atoms with Crippen LogP contribution in [0.1, 0.15) is 73.1 Å². The van der Waals surface area contributed by atoms with Crippen molar-refractivity contribution in [3.63, 3.8) is 0 Å². The molecule has 2 N–H and O–H groups in total. The number of Topliss-reactive ketones (excluding diaryl/α,β-unsaturated/α-hetero) is 2. The first-order valence-electron chi connectivity index (χ1n) is 14.9. The molecule has 1 amide bonds. The van der Waals surface area contributed by atoms with Gasteiger partial charge in [-0.05, 0) is 44.2 Å². The second-order valence-corrected chi connectivity index (χ2v) is 11.2. The predicted octanol–water partition coefficient (Wildman–Crippen LogP) is 7.33. The number of esters is 1. The molecule has 49 heavy (non-hydrogen) atoms. The molecule has 11 nitrogen and oxygen atoms in total. The molecule has 254 valence electrons. The number of aromatic nitrogens is 3. The summed E-state index contributed by atoms with van der Waals surface area (Å²) >= 11 is 0. The van der Waals surface area contributed by atoms with E-state index in [-0.39, 0.29) is 42.7 Å². The Balaban J connectivity index is 0.000000269. The zero-order valence-corrected chi connectivity index (χ0v) is 27.3. The first-order chi connectivity index (χ1) is 22.8. The minimum Gasteiger partial charge on any atom is -0.478 e. The van der Waals surface area contributed by atoms with Gasteiger partial charge in [-0.25, -0.2) is 24.5 Å². The lowest BCUT2D eigenvalue weighted by Gasteiger charge is -2.18. The molecule has 5 rings (SSSR count). The molecule has 0 aliphatic heterocycles. The number of hydrogen-bond donors (Lipinski definition) is 2. The SMILES string of the molecule is C.CC(=O)c1ccccc1.CCOC(=O)C(=O)c1cccnc1NC(=O)C(C)(C)C.O=C(O)c1cc(-c2ccccc2)nc2ncccc12. The monoisotopic (exact) mass is 664 g/mol. The number of fused-ring (bicyclic) bond motifs is 1. The van der Waals surface area contributed by atoms with Crippen LogP contribution in [-0.4, -0.2) is 56.1 Å². The van der Waals surface area contributed by atoms with E-state index in [0.717, 1.165) is 11.1 Å². The van der Waals surface area contributed by atoms with Gasteiger partial charge in [0.15, 0.2) is 11.4 Å². The highest BCUT2D eigenvalue weighted by Gasteiger charge is 2.26. The number of aromatic carboxylic acids is 1. The van der Waals surface area contributed by atoms with Crippen molar-refractivity contribution in [3.8, 4) is 11.3 Å². The Morgan fingerprint density at radius 3 is 1.94 bits per heavy atom. The normalized spacial score (nSPS) is 10.1. The van der Waals surface area contributed by atoms with Gasteiger partial charge in [0.2, 0.25) is 5.91 Å². The Hall–Kier alpha value is -6.10. The molecular weight excluding hydrogens is 624 g/mol. The third-order valence-corrected chi connectivity index (χ3v) is 6.49. The summed E-state index contributed by atoms with van der Waals surface area (Å²) in [5.74, 6) is -2.89. The number of pyridine rings is 3. The number of carbonyl (C=O) groups is 5. The second kappa shape index (κ2) is 18.3. The molecule has 0 radical (unpaired) electrons. The summed E-state index contributed by atoms with van der Waals surface area (Å²) in [6, 6.07) is 26.6. The summed E-state index contributed by atoms with van der Waals surface area (Å²) < 4.78 is 4.66. The number of ether oxygens (including phenoxy) is 1. The first kappa shape index (κ1) is 39.1. The Bertz CT molecular complexity index is 1900. The molecule has 0 aliphatic carbocycles. The number of anilines is 1. The maximum Gasteiger partial charge on any atom is 0.379 e. The Morgan fingerprint density at radius 2 is 1.39 bits per heavy atom. The number of benzene rings is 2. The molecule has 5 aromatic rings. The molecular formula is C38H40N4O7. The van der Waals surface area contributed by atoms with Crippen molar-refractivity contribution in [2.45, 2.75) is 42.0 Å². The highest BCUT2D eigenvalue weighted by Crippen LogP contribution is 2.24. The van der Waals surface area contributed by atoms with Crippen LogP contribution in [0, 0.1) is 5.41 Å². The number of nitrogens with zero attached hydrogens (tertiary/aromatic N) is 3. The van der Waals surface area contributed by atoms with Gasteiger partial charge in [-0.2, -0.15) is 0 Å². The van der Waals surface area contributed by atoms with E-state index in [4.69, 9.17) is 0 Å². The van der Waals surface area contributed by atoms with Crippen molar-refractivity contribution in [2.75, 3.05) is 11.9 Å². The number of nitrogens with one attached hydrogen (secondary N) is 1. The Morgan fingerprint density at radius 1 is 0.796 bits per heavy atom. The molecule has 0 spiro atoms. The molecule has 0 aliphatic rings. The van der Waals surface area contributed by atoms with Crippen LogP contribution in [-0.2, 0) is 14.3 Å². The summed E-state index contributed by atoms with van der Waals surface area (Å²) in [6.07, 6.45) is 3.04. The third kappa shape index (κ3) is 11.3. The number of rotatable bonds is 7. The quantitative estimate of drug-likeness (QED) is 0.102. The van der Waals surface area contributed by atoms with Crippen LogP contribution in [0.2, 0.25) is 0 Å². The van der Waals surface area contributed by atoms with Crippen LogP contribution in [0.5, 0.6) is 0 Å². The van der Waals surface area contributed by atoms with Gasteiger partial charge in [-0.3, -0.25) is 14.4 Å². The van der Waals surface area contributed by atoms with Gasteiger partial charge in [0.05, 0.1) is 23.4 Å². The standard InChI is InChI=1S/C15H10N2O2.C14H18N2O4.C8H8O.CH4/c18-15(19)12-9-13(10-5-2-1-3-6-10)17-14-11(12)7-4-8-16-14;1-5-20-12(18)10(17)9-7-6-8-15-11(9)16-13(19)14(2,3)4;1-7(9)8-5-3-2-4-6-8;/h1-9H,(H,18,19);6-8H,5H2,1-4H3,(H,15,16,19);2-6H,1H3;1H4.